The van der Waals surface area contributed by atoms with Crippen molar-refractivity contribution in [3.8, 4) is 0 Å². The van der Waals surface area contributed by atoms with Crippen molar-refractivity contribution in [3.63, 3.8) is 0 Å². The lowest BCUT2D eigenvalue weighted by molar-refractivity contribution is -0.147. The third-order valence-corrected chi connectivity index (χ3v) is 1.40. The number of carboxylic acids is 3. The Bertz CT molecular complexity index is 328. The summed E-state index contributed by atoms with van der Waals surface area (Å²) in [6, 6.07) is 0. The predicted octanol–water partition coefficient (Wildman–Crippen LogP) is -0.628. The minimum Gasteiger partial charge on any atom is -0.481 e. The van der Waals surface area contributed by atoms with Gasteiger partial charge in [0, 0.05) is 0 Å². The molecule has 0 amide bonds. The molecule has 0 heterocycles. The minimum absolute atomic E-state index is 0.532. The first kappa shape index (κ1) is 12.8. The molecule has 1 unspecified atom stereocenters. The quantitative estimate of drug-likeness (QED) is 0.398. The van der Waals surface area contributed by atoms with Gasteiger partial charge in [-0.05, 0) is 6.08 Å². The molecule has 0 radical (unpaired) electrons. The average molecular weight is 216 g/mol. The molecular weight excluding hydrogens is 208 g/mol. The summed E-state index contributed by atoms with van der Waals surface area (Å²) in [5, 5.41) is 25.0. The second-order valence-corrected chi connectivity index (χ2v) is 2.57. The lowest BCUT2D eigenvalue weighted by Gasteiger charge is -2.02. The minimum atomic E-state index is -1.73. The zero-order valence-corrected chi connectivity index (χ0v) is 7.41. The molecule has 7 heteroatoms. The smallest absolute Gasteiger partial charge is 0.376 e. The molecule has 0 saturated heterocycles. The topological polar surface area (TPSA) is 129 Å². The number of hydrogen-bond acceptors (Lipinski definition) is 4. The van der Waals surface area contributed by atoms with Crippen molar-refractivity contribution in [2.45, 2.75) is 6.42 Å². The summed E-state index contributed by atoms with van der Waals surface area (Å²) in [6.45, 7) is 0. The van der Waals surface area contributed by atoms with E-state index >= 15 is 0 Å². The Morgan fingerprint density at radius 1 is 1.07 bits per heavy atom. The van der Waals surface area contributed by atoms with Gasteiger partial charge in [-0.1, -0.05) is 6.08 Å². The molecule has 0 fully saturated rings. The standard InChI is InChI=1S/C8H8O7/c9-5(8(14)15)2-1-4(7(12)13)3-6(10)11/h1-2,4H,3H2,(H,10,11)(H,12,13)(H,14,15)/b2-1-. The van der Waals surface area contributed by atoms with Crippen molar-refractivity contribution in [1.29, 1.82) is 0 Å². The fourth-order valence-electron chi connectivity index (χ4n) is 0.701. The van der Waals surface area contributed by atoms with E-state index in [4.69, 9.17) is 15.3 Å². The Balaban J connectivity index is 4.54. The first-order valence-electron chi connectivity index (χ1n) is 3.74. The van der Waals surface area contributed by atoms with E-state index in [1.54, 1.807) is 0 Å². The number of rotatable bonds is 6. The fourth-order valence-corrected chi connectivity index (χ4v) is 0.701. The maximum absolute atomic E-state index is 10.5. The molecule has 0 aromatic heterocycles. The molecule has 1 atom stereocenters. The molecule has 0 rings (SSSR count). The highest BCUT2D eigenvalue weighted by atomic mass is 16.4. The number of aliphatic carboxylic acids is 3. The summed E-state index contributed by atoms with van der Waals surface area (Å²) in [7, 11) is 0. The lowest BCUT2D eigenvalue weighted by Crippen LogP contribution is -2.17. The summed E-state index contributed by atoms with van der Waals surface area (Å²) in [5.41, 5.74) is 0. The van der Waals surface area contributed by atoms with Gasteiger partial charge in [0.2, 0.25) is 0 Å². The Labute approximate surface area is 83.6 Å². The number of ketones is 1. The van der Waals surface area contributed by atoms with Gasteiger partial charge in [-0.15, -0.1) is 0 Å². The zero-order chi connectivity index (χ0) is 12.0. The molecule has 0 saturated carbocycles. The molecule has 3 N–H and O–H groups in total. The molecule has 0 bridgehead atoms. The fraction of sp³-hybridized carbons (Fsp3) is 0.250. The zero-order valence-electron chi connectivity index (χ0n) is 7.41. The van der Waals surface area contributed by atoms with E-state index in [1.807, 2.05) is 0 Å². The lowest BCUT2D eigenvalue weighted by atomic mass is 10.1. The maximum atomic E-state index is 10.5. The van der Waals surface area contributed by atoms with Crippen LogP contribution in [-0.4, -0.2) is 39.0 Å². The van der Waals surface area contributed by atoms with E-state index in [1.165, 1.54) is 0 Å². The molecule has 7 nitrogen and oxygen atoms in total. The largest absolute Gasteiger partial charge is 0.481 e. The molecule has 0 aliphatic heterocycles. The van der Waals surface area contributed by atoms with Crippen LogP contribution >= 0.6 is 0 Å². The van der Waals surface area contributed by atoms with Gasteiger partial charge in [-0.25, -0.2) is 4.79 Å². The summed E-state index contributed by atoms with van der Waals surface area (Å²) in [5.74, 6) is -7.23. The van der Waals surface area contributed by atoms with Gasteiger partial charge in [0.15, 0.2) is 0 Å². The third kappa shape index (κ3) is 5.19. The van der Waals surface area contributed by atoms with Crippen LogP contribution in [0.15, 0.2) is 12.2 Å². The van der Waals surface area contributed by atoms with E-state index in [2.05, 4.69) is 0 Å². The van der Waals surface area contributed by atoms with E-state index < -0.39 is 36.0 Å². The number of hydrogen-bond donors (Lipinski definition) is 3. The summed E-state index contributed by atoms with van der Waals surface area (Å²) < 4.78 is 0. The van der Waals surface area contributed by atoms with Crippen LogP contribution < -0.4 is 0 Å². The first-order chi connectivity index (χ1) is 6.84. The van der Waals surface area contributed by atoms with Crippen LogP contribution in [0.25, 0.3) is 0 Å². The average Bonchev–Trinajstić information content (AvgIpc) is 2.10. The van der Waals surface area contributed by atoms with Crippen LogP contribution in [0.5, 0.6) is 0 Å². The molecule has 0 aliphatic carbocycles. The van der Waals surface area contributed by atoms with Crippen molar-refractivity contribution in [3.05, 3.63) is 12.2 Å². The Hall–Kier alpha value is -2.18. The maximum Gasteiger partial charge on any atom is 0.376 e. The Kier molecular flexibility index (Phi) is 4.73. The van der Waals surface area contributed by atoms with Crippen LogP contribution in [0.4, 0.5) is 0 Å². The van der Waals surface area contributed by atoms with E-state index in [0.29, 0.717) is 6.08 Å². The second kappa shape index (κ2) is 5.53. The predicted molar refractivity (Wildman–Crippen MR) is 45.2 cm³/mol. The molecule has 0 spiro atoms. The third-order valence-electron chi connectivity index (χ3n) is 1.40. The summed E-state index contributed by atoms with van der Waals surface area (Å²) in [6.07, 6.45) is 0.565. The van der Waals surface area contributed by atoms with Crippen LogP contribution in [0.1, 0.15) is 6.42 Å². The van der Waals surface area contributed by atoms with Crippen LogP contribution in [0.3, 0.4) is 0 Å². The Morgan fingerprint density at radius 3 is 1.93 bits per heavy atom. The first-order valence-corrected chi connectivity index (χ1v) is 3.74. The summed E-state index contributed by atoms with van der Waals surface area (Å²) >= 11 is 0. The van der Waals surface area contributed by atoms with E-state index in [-0.39, 0.29) is 0 Å². The molecule has 15 heavy (non-hydrogen) atoms. The van der Waals surface area contributed by atoms with Gasteiger partial charge >= 0.3 is 17.9 Å². The normalized spacial score (nSPS) is 12.3. The van der Waals surface area contributed by atoms with Crippen molar-refractivity contribution in [2.24, 2.45) is 5.92 Å². The van der Waals surface area contributed by atoms with Gasteiger partial charge < -0.3 is 15.3 Å². The van der Waals surface area contributed by atoms with Gasteiger partial charge in [0.05, 0.1) is 12.3 Å². The molecule has 0 aromatic rings. The van der Waals surface area contributed by atoms with Crippen molar-refractivity contribution in [1.82, 2.24) is 0 Å². The van der Waals surface area contributed by atoms with Crippen molar-refractivity contribution in [2.75, 3.05) is 0 Å². The highest BCUT2D eigenvalue weighted by Gasteiger charge is 2.18. The van der Waals surface area contributed by atoms with Gasteiger partial charge in [-0.2, -0.15) is 0 Å². The molecule has 82 valence electrons. The second-order valence-electron chi connectivity index (χ2n) is 2.57. The monoisotopic (exact) mass is 216 g/mol. The summed E-state index contributed by atoms with van der Waals surface area (Å²) in [4.78, 5) is 41.2. The van der Waals surface area contributed by atoms with Crippen LogP contribution in [-0.2, 0) is 19.2 Å². The van der Waals surface area contributed by atoms with Crippen molar-refractivity contribution < 1.29 is 34.5 Å². The Morgan fingerprint density at radius 2 is 1.60 bits per heavy atom. The van der Waals surface area contributed by atoms with Crippen LogP contribution in [0.2, 0.25) is 0 Å². The van der Waals surface area contributed by atoms with E-state index in [9.17, 15) is 19.2 Å². The molecular formula is C8H8O7. The SMILES string of the molecule is O=C(O)CC(/C=C\C(=O)C(=O)O)C(=O)O. The van der Waals surface area contributed by atoms with Crippen molar-refractivity contribution >= 4 is 23.7 Å². The van der Waals surface area contributed by atoms with Gasteiger partial charge in [-0.3, -0.25) is 14.4 Å². The van der Waals surface area contributed by atoms with Gasteiger partial charge in [0.1, 0.15) is 0 Å². The molecule has 0 aliphatic rings. The highest BCUT2D eigenvalue weighted by Crippen LogP contribution is 2.05. The van der Waals surface area contributed by atoms with E-state index in [0.717, 1.165) is 6.08 Å². The number of carbonyl (C=O) groups is 4. The molecule has 0 aromatic carbocycles. The number of carboxylic acid groups (broad SMARTS) is 3. The highest BCUT2D eigenvalue weighted by molar-refractivity contribution is 6.37. The van der Waals surface area contributed by atoms with Gasteiger partial charge in [0.25, 0.3) is 5.78 Å². The number of carbonyl (C=O) groups excluding carboxylic acids is 1. The van der Waals surface area contributed by atoms with Crippen LogP contribution in [0, 0.1) is 5.92 Å².